The fourth-order valence-corrected chi connectivity index (χ4v) is 1.87. The average Bonchev–Trinajstić information content (AvgIpc) is 2.15. The monoisotopic (exact) mass is 353 g/mol. The molecule has 0 aliphatic heterocycles. The number of aromatic nitrogens is 1. The maximum absolute atomic E-state index is 12.6. The Kier molecular flexibility index (Phi) is 3.92. The van der Waals surface area contributed by atoms with Crippen molar-refractivity contribution in [3.05, 3.63) is 20.9 Å². The van der Waals surface area contributed by atoms with Gasteiger partial charge in [-0.2, -0.15) is 13.2 Å². The molecule has 0 saturated heterocycles. The van der Waals surface area contributed by atoms with E-state index in [9.17, 15) is 22.0 Å². The molecule has 1 aromatic heterocycles. The number of halogens is 6. The van der Waals surface area contributed by atoms with E-state index in [0.717, 1.165) is 13.3 Å². The number of ether oxygens (including phenoxy) is 1. The summed E-state index contributed by atoms with van der Waals surface area (Å²) in [5, 5.41) is 0. The third kappa shape index (κ3) is 2.53. The van der Waals surface area contributed by atoms with Gasteiger partial charge in [0.2, 0.25) is 5.88 Å². The van der Waals surface area contributed by atoms with Crippen molar-refractivity contribution in [3.63, 3.8) is 0 Å². The minimum absolute atomic E-state index is 0.388. The molecule has 0 N–H and O–H groups in total. The van der Waals surface area contributed by atoms with Crippen LogP contribution in [-0.2, 0) is 6.18 Å². The van der Waals surface area contributed by atoms with Gasteiger partial charge in [-0.15, -0.1) is 0 Å². The number of pyridine rings is 1. The van der Waals surface area contributed by atoms with E-state index in [1.807, 2.05) is 0 Å². The molecule has 0 bridgehead atoms. The van der Waals surface area contributed by atoms with Gasteiger partial charge in [-0.05, 0) is 22.6 Å². The van der Waals surface area contributed by atoms with E-state index >= 15 is 0 Å². The van der Waals surface area contributed by atoms with Crippen molar-refractivity contribution < 1.29 is 26.7 Å². The molecule has 8 heteroatoms. The molecular weight excluding hydrogens is 348 g/mol. The Balaban J connectivity index is 3.55. The normalized spacial score (nSPS) is 12.0. The molecule has 0 spiro atoms. The number of hydrogen-bond donors (Lipinski definition) is 0. The molecule has 2 nitrogen and oxygen atoms in total. The number of methoxy groups -OCH3 is 1. The lowest BCUT2D eigenvalue weighted by molar-refractivity contribution is -0.140. The Morgan fingerprint density at radius 1 is 1.38 bits per heavy atom. The Morgan fingerprint density at radius 3 is 2.31 bits per heavy atom. The first-order valence-electron chi connectivity index (χ1n) is 3.86. The van der Waals surface area contributed by atoms with Crippen molar-refractivity contribution in [1.29, 1.82) is 0 Å². The summed E-state index contributed by atoms with van der Waals surface area (Å²) < 4.78 is 66.8. The predicted molar refractivity (Wildman–Crippen MR) is 53.5 cm³/mol. The number of hydrogen-bond acceptors (Lipinski definition) is 2. The van der Waals surface area contributed by atoms with Crippen molar-refractivity contribution in [3.8, 4) is 5.88 Å². The first kappa shape index (κ1) is 13.4. The summed E-state index contributed by atoms with van der Waals surface area (Å²) in [5.74, 6) is -0.706. The van der Waals surface area contributed by atoms with E-state index in [0.29, 0.717) is 0 Å². The Bertz CT molecular complexity index is 393. The minimum atomic E-state index is -4.86. The van der Waals surface area contributed by atoms with E-state index in [1.54, 1.807) is 0 Å². The highest BCUT2D eigenvalue weighted by atomic mass is 127. The highest BCUT2D eigenvalue weighted by molar-refractivity contribution is 14.1. The largest absolute Gasteiger partial charge is 0.481 e. The standard InChI is InChI=1S/C8H5F5INO/c1-16-7-4(6(9)10)5(8(11,12)13)3(14)2-15-7/h2,6H,1H3. The molecular formula is C8H5F5INO. The van der Waals surface area contributed by atoms with Crippen LogP contribution in [0.1, 0.15) is 17.6 Å². The fraction of sp³-hybridized carbons (Fsp3) is 0.375. The Morgan fingerprint density at radius 2 is 1.94 bits per heavy atom. The van der Waals surface area contributed by atoms with Crippen LogP contribution in [0.25, 0.3) is 0 Å². The number of rotatable bonds is 2. The maximum atomic E-state index is 12.6. The van der Waals surface area contributed by atoms with Crippen LogP contribution in [0.5, 0.6) is 5.88 Å². The van der Waals surface area contributed by atoms with Gasteiger partial charge in [0, 0.05) is 9.77 Å². The molecule has 0 aliphatic carbocycles. The van der Waals surface area contributed by atoms with Crippen molar-refractivity contribution >= 4 is 22.6 Å². The number of alkyl halides is 5. The topological polar surface area (TPSA) is 22.1 Å². The highest BCUT2D eigenvalue weighted by Gasteiger charge is 2.40. The van der Waals surface area contributed by atoms with Crippen LogP contribution >= 0.6 is 22.6 Å². The summed E-state index contributed by atoms with van der Waals surface area (Å²) in [7, 11) is 0.987. The molecule has 1 heterocycles. The molecule has 0 aromatic carbocycles. The lowest BCUT2D eigenvalue weighted by Crippen LogP contribution is -2.14. The van der Waals surface area contributed by atoms with Gasteiger partial charge in [-0.1, -0.05) is 0 Å². The molecule has 0 atom stereocenters. The van der Waals surface area contributed by atoms with Gasteiger partial charge in [0.15, 0.2) is 0 Å². The third-order valence-corrected chi connectivity index (χ3v) is 2.55. The molecule has 0 aliphatic rings. The van der Waals surface area contributed by atoms with Crippen LogP contribution in [0.2, 0.25) is 0 Å². The summed E-state index contributed by atoms with van der Waals surface area (Å²) in [6, 6.07) is 0. The quantitative estimate of drug-likeness (QED) is 0.598. The van der Waals surface area contributed by atoms with Crippen molar-refractivity contribution in [2.24, 2.45) is 0 Å². The number of nitrogens with zero attached hydrogens (tertiary/aromatic N) is 1. The average molecular weight is 353 g/mol. The van der Waals surface area contributed by atoms with Gasteiger partial charge < -0.3 is 4.74 Å². The van der Waals surface area contributed by atoms with Gasteiger partial charge in [-0.3, -0.25) is 0 Å². The van der Waals surface area contributed by atoms with Gasteiger partial charge in [0.05, 0.1) is 18.2 Å². The molecule has 90 valence electrons. The summed E-state index contributed by atoms with van der Waals surface area (Å²) >= 11 is 1.31. The minimum Gasteiger partial charge on any atom is -0.481 e. The van der Waals surface area contributed by atoms with Crippen molar-refractivity contribution in [2.45, 2.75) is 12.6 Å². The highest BCUT2D eigenvalue weighted by Crippen LogP contribution is 2.42. The molecule has 16 heavy (non-hydrogen) atoms. The predicted octanol–water partition coefficient (Wildman–Crippen LogP) is 3.65. The zero-order chi connectivity index (χ0) is 12.5. The van der Waals surface area contributed by atoms with Crippen LogP contribution < -0.4 is 4.74 Å². The van der Waals surface area contributed by atoms with Crippen molar-refractivity contribution in [2.75, 3.05) is 7.11 Å². The second-order valence-electron chi connectivity index (χ2n) is 2.70. The first-order valence-corrected chi connectivity index (χ1v) is 4.94. The van der Waals surface area contributed by atoms with E-state index < -0.39 is 29.6 Å². The van der Waals surface area contributed by atoms with E-state index in [2.05, 4.69) is 9.72 Å². The molecule has 0 unspecified atom stereocenters. The van der Waals surface area contributed by atoms with E-state index in [4.69, 9.17) is 0 Å². The van der Waals surface area contributed by atoms with E-state index in [1.165, 1.54) is 22.6 Å². The van der Waals surface area contributed by atoms with E-state index in [-0.39, 0.29) is 3.57 Å². The first-order chi connectivity index (χ1) is 7.29. The van der Waals surface area contributed by atoms with Crippen LogP contribution in [0, 0.1) is 3.57 Å². The van der Waals surface area contributed by atoms with Crippen LogP contribution in [0.15, 0.2) is 6.20 Å². The van der Waals surface area contributed by atoms with Crippen LogP contribution in [0.4, 0.5) is 22.0 Å². The molecule has 0 radical (unpaired) electrons. The van der Waals surface area contributed by atoms with Crippen LogP contribution in [-0.4, -0.2) is 12.1 Å². The zero-order valence-electron chi connectivity index (χ0n) is 7.78. The van der Waals surface area contributed by atoms with Gasteiger partial charge in [-0.25, -0.2) is 13.8 Å². The Labute approximate surface area is 101 Å². The maximum Gasteiger partial charge on any atom is 0.418 e. The zero-order valence-corrected chi connectivity index (χ0v) is 9.94. The van der Waals surface area contributed by atoms with Crippen LogP contribution in [0.3, 0.4) is 0 Å². The molecule has 1 aromatic rings. The van der Waals surface area contributed by atoms with Gasteiger partial charge in [0.25, 0.3) is 6.43 Å². The van der Waals surface area contributed by atoms with Gasteiger partial charge >= 0.3 is 6.18 Å². The smallest absolute Gasteiger partial charge is 0.418 e. The molecule has 0 fully saturated rings. The van der Waals surface area contributed by atoms with Gasteiger partial charge in [0.1, 0.15) is 0 Å². The Hall–Kier alpha value is -0.670. The SMILES string of the molecule is COc1ncc(I)c(C(F)(F)F)c1C(F)F. The van der Waals surface area contributed by atoms with Crippen molar-refractivity contribution in [1.82, 2.24) is 4.98 Å². The lowest BCUT2D eigenvalue weighted by Gasteiger charge is -2.16. The summed E-state index contributed by atoms with van der Waals surface area (Å²) in [6.07, 6.45) is -7.32. The molecule has 0 saturated carbocycles. The third-order valence-electron chi connectivity index (χ3n) is 1.73. The summed E-state index contributed by atoms with van der Waals surface area (Å²) in [6.45, 7) is 0. The summed E-state index contributed by atoms with van der Waals surface area (Å²) in [5.41, 5.74) is -2.61. The molecule has 1 rings (SSSR count). The summed E-state index contributed by atoms with van der Waals surface area (Å²) in [4.78, 5) is 3.38. The molecule has 0 amide bonds. The second-order valence-corrected chi connectivity index (χ2v) is 3.86. The lowest BCUT2D eigenvalue weighted by atomic mass is 10.1. The fourth-order valence-electron chi connectivity index (χ4n) is 1.14. The second kappa shape index (κ2) is 4.68.